The number of rotatable bonds is 6. The van der Waals surface area contributed by atoms with Gasteiger partial charge >= 0.3 is 0 Å². The zero-order valence-electron chi connectivity index (χ0n) is 18.8. The molecule has 0 saturated carbocycles. The van der Waals surface area contributed by atoms with Crippen LogP contribution in [0.5, 0.6) is 0 Å². The molecule has 1 unspecified atom stereocenters. The van der Waals surface area contributed by atoms with Gasteiger partial charge in [-0.2, -0.15) is 0 Å². The first kappa shape index (κ1) is 23.4. The van der Waals surface area contributed by atoms with E-state index in [1.54, 1.807) is 43.6 Å². The van der Waals surface area contributed by atoms with E-state index >= 15 is 0 Å². The van der Waals surface area contributed by atoms with E-state index in [1.807, 2.05) is 0 Å². The number of amides is 1. The van der Waals surface area contributed by atoms with Crippen molar-refractivity contribution in [3.63, 3.8) is 0 Å². The first-order valence-corrected chi connectivity index (χ1v) is 11.8. The SMILES string of the molecule is Cc1ccc(C2/C(=C(/O)c3ccc(S(=O)(=O)N(C)C)cc3)C(=O)C(=O)N2Cc2cccnc2)o1. The number of pyridine rings is 1. The average molecular weight is 482 g/mol. The first-order chi connectivity index (χ1) is 16.1. The molecule has 10 heteroatoms. The van der Waals surface area contributed by atoms with E-state index in [0.717, 1.165) is 4.31 Å². The topological polar surface area (TPSA) is 121 Å². The minimum atomic E-state index is -3.67. The second-order valence-corrected chi connectivity index (χ2v) is 10.2. The molecule has 1 saturated heterocycles. The Morgan fingerprint density at radius 3 is 2.38 bits per heavy atom. The Balaban J connectivity index is 1.81. The van der Waals surface area contributed by atoms with E-state index < -0.39 is 33.5 Å². The van der Waals surface area contributed by atoms with Gasteiger partial charge in [-0.3, -0.25) is 14.6 Å². The van der Waals surface area contributed by atoms with Crippen molar-refractivity contribution in [1.82, 2.24) is 14.2 Å². The van der Waals surface area contributed by atoms with Crippen LogP contribution in [0.25, 0.3) is 5.76 Å². The predicted octanol–water partition coefficient (Wildman–Crippen LogP) is 2.86. The third kappa shape index (κ3) is 4.13. The Kier molecular flexibility index (Phi) is 6.11. The third-order valence-electron chi connectivity index (χ3n) is 5.55. The van der Waals surface area contributed by atoms with E-state index in [2.05, 4.69) is 4.98 Å². The van der Waals surface area contributed by atoms with Gasteiger partial charge in [-0.25, -0.2) is 12.7 Å². The number of carbonyl (C=O) groups excluding carboxylic acids is 2. The number of aryl methyl sites for hydroxylation is 1. The van der Waals surface area contributed by atoms with Crippen LogP contribution < -0.4 is 0 Å². The van der Waals surface area contributed by atoms with Gasteiger partial charge in [-0.1, -0.05) is 6.07 Å². The monoisotopic (exact) mass is 481 g/mol. The van der Waals surface area contributed by atoms with Gasteiger partial charge in [-0.05, 0) is 55.0 Å². The van der Waals surface area contributed by atoms with Crippen LogP contribution in [0.2, 0.25) is 0 Å². The number of carbonyl (C=O) groups is 2. The summed E-state index contributed by atoms with van der Waals surface area (Å²) in [6, 6.07) is 11.4. The quantitative estimate of drug-likeness (QED) is 0.326. The Morgan fingerprint density at radius 1 is 1.12 bits per heavy atom. The normalized spacial score (nSPS) is 18.1. The number of Topliss-reactive ketones (excluding diaryl/α,β-unsaturated/α-hetero) is 1. The highest BCUT2D eigenvalue weighted by atomic mass is 32.2. The summed E-state index contributed by atoms with van der Waals surface area (Å²) in [4.78, 5) is 31.5. The van der Waals surface area contributed by atoms with Gasteiger partial charge in [0.2, 0.25) is 10.0 Å². The van der Waals surface area contributed by atoms with Crippen LogP contribution in [0.3, 0.4) is 0 Å². The molecule has 2 aromatic heterocycles. The van der Waals surface area contributed by atoms with E-state index in [4.69, 9.17) is 4.42 Å². The van der Waals surface area contributed by atoms with E-state index in [1.165, 1.54) is 43.3 Å². The lowest BCUT2D eigenvalue weighted by atomic mass is 9.99. The first-order valence-electron chi connectivity index (χ1n) is 10.4. The molecular formula is C24H23N3O6S. The number of hydrogen-bond donors (Lipinski definition) is 1. The molecule has 1 N–H and O–H groups in total. The van der Waals surface area contributed by atoms with Crippen molar-refractivity contribution in [1.29, 1.82) is 0 Å². The molecule has 1 amide bonds. The highest BCUT2D eigenvalue weighted by Gasteiger charge is 2.47. The van der Waals surface area contributed by atoms with Gasteiger partial charge in [-0.15, -0.1) is 0 Å². The molecule has 3 aromatic rings. The lowest BCUT2D eigenvalue weighted by Gasteiger charge is -2.23. The molecule has 176 valence electrons. The molecule has 0 spiro atoms. The fourth-order valence-corrected chi connectivity index (χ4v) is 4.68. The maximum atomic E-state index is 13.1. The van der Waals surface area contributed by atoms with Gasteiger partial charge in [0.05, 0.1) is 10.5 Å². The second kappa shape index (κ2) is 8.88. The molecular weight excluding hydrogens is 458 g/mol. The van der Waals surface area contributed by atoms with Crippen molar-refractivity contribution >= 4 is 27.5 Å². The summed E-state index contributed by atoms with van der Waals surface area (Å²) in [5, 5.41) is 11.1. The van der Waals surface area contributed by atoms with E-state index in [0.29, 0.717) is 17.1 Å². The molecule has 34 heavy (non-hydrogen) atoms. The summed E-state index contributed by atoms with van der Waals surface area (Å²) < 4.78 is 31.5. The zero-order valence-corrected chi connectivity index (χ0v) is 19.6. The van der Waals surface area contributed by atoms with Gasteiger partial charge < -0.3 is 14.4 Å². The lowest BCUT2D eigenvalue weighted by Crippen LogP contribution is -2.29. The third-order valence-corrected chi connectivity index (χ3v) is 7.38. The van der Waals surface area contributed by atoms with Crippen LogP contribution in [0.15, 0.2) is 75.8 Å². The van der Waals surface area contributed by atoms with E-state index in [9.17, 15) is 23.1 Å². The highest BCUT2D eigenvalue weighted by molar-refractivity contribution is 7.89. The Hall–Kier alpha value is -3.76. The molecule has 1 aliphatic rings. The molecule has 3 heterocycles. The molecule has 4 rings (SSSR count). The molecule has 1 fully saturated rings. The fourth-order valence-electron chi connectivity index (χ4n) is 3.78. The van der Waals surface area contributed by atoms with Crippen LogP contribution in [-0.2, 0) is 26.2 Å². The largest absolute Gasteiger partial charge is 0.507 e. The smallest absolute Gasteiger partial charge is 0.296 e. The number of likely N-dealkylation sites (tertiary alicyclic amines) is 1. The van der Waals surface area contributed by atoms with Gasteiger partial charge in [0.25, 0.3) is 11.7 Å². The van der Waals surface area contributed by atoms with Crippen LogP contribution in [0.1, 0.15) is 28.7 Å². The Morgan fingerprint density at radius 2 is 1.82 bits per heavy atom. The number of aromatic nitrogens is 1. The standard InChI is InChI=1S/C24H23N3O6S/c1-15-6-11-19(33-15)21-20(23(29)24(30)27(21)14-16-5-4-12-25-13-16)22(28)17-7-9-18(10-8-17)34(31,32)26(2)3/h4-13,21,28H,14H2,1-3H3/b22-20-. The van der Waals surface area contributed by atoms with Crippen molar-refractivity contribution < 1.29 is 27.5 Å². The zero-order chi connectivity index (χ0) is 24.6. The molecule has 1 aliphatic heterocycles. The summed E-state index contributed by atoms with van der Waals surface area (Å²) in [5.74, 6) is -1.14. The fraction of sp³-hybridized carbons (Fsp3) is 0.208. The van der Waals surface area contributed by atoms with Gasteiger partial charge in [0, 0.05) is 38.6 Å². The number of benzene rings is 1. The Bertz CT molecular complexity index is 1380. The molecule has 0 bridgehead atoms. The van der Waals surface area contributed by atoms with Crippen LogP contribution in [-0.4, -0.2) is 53.5 Å². The molecule has 0 aliphatic carbocycles. The maximum absolute atomic E-state index is 13.1. The van der Waals surface area contributed by atoms with Crippen LogP contribution >= 0.6 is 0 Å². The van der Waals surface area contributed by atoms with Crippen molar-refractivity contribution in [3.05, 3.63) is 89.1 Å². The van der Waals surface area contributed by atoms with Crippen LogP contribution in [0.4, 0.5) is 0 Å². The predicted molar refractivity (Wildman–Crippen MR) is 123 cm³/mol. The van der Waals surface area contributed by atoms with Crippen molar-refractivity contribution in [2.24, 2.45) is 0 Å². The van der Waals surface area contributed by atoms with E-state index in [-0.39, 0.29) is 22.6 Å². The number of aliphatic hydroxyl groups excluding tert-OH is 1. The second-order valence-electron chi connectivity index (χ2n) is 8.05. The van der Waals surface area contributed by atoms with Gasteiger partial charge in [0.1, 0.15) is 23.3 Å². The lowest BCUT2D eigenvalue weighted by molar-refractivity contribution is -0.140. The Labute approximate surface area is 197 Å². The van der Waals surface area contributed by atoms with Crippen molar-refractivity contribution in [2.75, 3.05) is 14.1 Å². The van der Waals surface area contributed by atoms with Crippen molar-refractivity contribution in [3.8, 4) is 0 Å². The number of aliphatic hydroxyl groups is 1. The molecule has 0 radical (unpaired) electrons. The minimum absolute atomic E-state index is 0.0317. The summed E-state index contributed by atoms with van der Waals surface area (Å²) in [6.07, 6.45) is 3.19. The number of nitrogens with zero attached hydrogens (tertiary/aromatic N) is 3. The molecule has 9 nitrogen and oxygen atoms in total. The maximum Gasteiger partial charge on any atom is 0.296 e. The highest BCUT2D eigenvalue weighted by Crippen LogP contribution is 2.40. The minimum Gasteiger partial charge on any atom is -0.507 e. The van der Waals surface area contributed by atoms with Crippen molar-refractivity contribution in [2.45, 2.75) is 24.4 Å². The molecule has 1 aromatic carbocycles. The molecule has 1 atom stereocenters. The van der Waals surface area contributed by atoms with Crippen LogP contribution in [0, 0.1) is 6.92 Å². The van der Waals surface area contributed by atoms with Gasteiger partial charge in [0.15, 0.2) is 0 Å². The number of sulfonamides is 1. The number of furan rings is 1. The summed E-state index contributed by atoms with van der Waals surface area (Å²) in [7, 11) is -0.837. The average Bonchev–Trinajstić information content (AvgIpc) is 3.35. The number of ketones is 1. The summed E-state index contributed by atoms with van der Waals surface area (Å²) >= 11 is 0. The summed E-state index contributed by atoms with van der Waals surface area (Å²) in [6.45, 7) is 1.82. The number of hydrogen-bond acceptors (Lipinski definition) is 7. The summed E-state index contributed by atoms with van der Waals surface area (Å²) in [5.41, 5.74) is 0.771.